The second-order valence-electron chi connectivity index (χ2n) is 31.6. The molecule has 568 valence electrons. The molecule has 2 spiro atoms. The van der Waals surface area contributed by atoms with Gasteiger partial charge in [-0.1, -0.05) is 340 Å². The van der Waals surface area contributed by atoms with E-state index in [4.69, 9.17) is 44.4 Å². The van der Waals surface area contributed by atoms with Gasteiger partial charge in [0.1, 0.15) is 23.0 Å². The molecule has 6 heterocycles. The summed E-state index contributed by atoms with van der Waals surface area (Å²) >= 11 is 0. The summed E-state index contributed by atoms with van der Waals surface area (Å²) in [4.78, 5) is 36.1. The van der Waals surface area contributed by atoms with Crippen molar-refractivity contribution >= 4 is 43.4 Å². The van der Waals surface area contributed by atoms with Crippen molar-refractivity contribution in [2.75, 3.05) is 0 Å². The van der Waals surface area contributed by atoms with Gasteiger partial charge in [-0.15, -0.1) is 0 Å². The monoisotopic (exact) mass is 1560 g/mol. The number of hydrogen-bond donors (Lipinski definition) is 0. The maximum Gasteiger partial charge on any atom is 0.164 e. The molecule has 17 aromatic carbocycles. The number of rotatable bonds is 9. The van der Waals surface area contributed by atoms with Gasteiger partial charge in [0.25, 0.3) is 0 Å². The summed E-state index contributed by atoms with van der Waals surface area (Å²) in [6, 6.07) is 147. The van der Waals surface area contributed by atoms with Gasteiger partial charge in [0.05, 0.1) is 44.6 Å². The van der Waals surface area contributed by atoms with Crippen LogP contribution in [0.5, 0.6) is 23.0 Å². The lowest BCUT2D eigenvalue weighted by atomic mass is 9.65. The fourth-order valence-corrected chi connectivity index (χ4v) is 19.5. The second kappa shape index (κ2) is 28.3. The van der Waals surface area contributed by atoms with Crippen LogP contribution in [0.2, 0.25) is 0 Å². The standard InChI is InChI=1S/C60H37N3O.C53H32N4O/c1-4-17-38(18-5-1)54-37-55(63-59(62-54)40-21-8-3-9-22-40)43-24-16-23-41(33-43)42-31-32-53-47(34-42)46-35-52-57(36-48(46)58(61-53)39-19-6-2-7-20-39)64-56-30-15-14-29-51(56)60(52)49-27-12-10-25-44(49)45-26-11-13-28-50(45)60;1-4-16-33(17-5-1)49-41-32-48-45(53(44-26-14-15-27-47(44)58-48)42-24-12-10-22-37(42)38-23-11-13-25-43(38)53)31-39(41)40-30-36(28-29-46(40)54-49)52-56-50(34-18-6-2-7-19-34)55-51(57-52)35-20-8-3-9-21-35/h1-37H;1-32H. The van der Waals surface area contributed by atoms with Crippen molar-refractivity contribution in [1.29, 1.82) is 0 Å². The largest absolute Gasteiger partial charge is 0.457 e. The molecule has 0 unspecified atom stereocenters. The summed E-state index contributed by atoms with van der Waals surface area (Å²) in [5.74, 6) is 5.93. The zero-order valence-electron chi connectivity index (χ0n) is 65.8. The summed E-state index contributed by atoms with van der Waals surface area (Å²) < 4.78 is 13.9. The van der Waals surface area contributed by atoms with Crippen molar-refractivity contribution < 1.29 is 9.47 Å². The Morgan fingerprint density at radius 1 is 0.164 bits per heavy atom. The fraction of sp³-hybridized carbons (Fsp3) is 0.0177. The van der Waals surface area contributed by atoms with E-state index in [1.165, 1.54) is 44.5 Å². The van der Waals surface area contributed by atoms with Crippen LogP contribution in [0.15, 0.2) is 419 Å². The zero-order valence-corrected chi connectivity index (χ0v) is 65.8. The van der Waals surface area contributed by atoms with Crippen molar-refractivity contribution in [3.05, 3.63) is 463 Å². The lowest BCUT2D eigenvalue weighted by Gasteiger charge is -2.39. The molecule has 4 aromatic heterocycles. The number of pyridine rings is 2. The molecule has 9 nitrogen and oxygen atoms in total. The van der Waals surface area contributed by atoms with E-state index < -0.39 is 10.8 Å². The van der Waals surface area contributed by atoms with Crippen LogP contribution in [0.1, 0.15) is 44.5 Å². The van der Waals surface area contributed by atoms with Gasteiger partial charge in [-0.2, -0.15) is 0 Å². The van der Waals surface area contributed by atoms with E-state index in [0.29, 0.717) is 23.3 Å². The SMILES string of the molecule is c1ccc(-c2cc(-c3cccc(-c4ccc5nc(-c6ccccc6)c6cc7c(cc6c5c4)C4(c5ccccc5O7)c5ccccc5-c5ccccc54)c3)nc(-c3ccccc3)n2)cc1.c1ccc(-c2nc(-c3ccccc3)nc(-c3ccc4nc(-c5ccccc5)c5cc6c(cc5c4c3)C3(c4ccccc4O6)c4ccccc4-c4ccccc43)n2)cc1. The van der Waals surface area contributed by atoms with Crippen LogP contribution in [-0.4, -0.2) is 34.9 Å². The number of nitrogens with zero attached hydrogens (tertiary/aromatic N) is 7. The lowest BCUT2D eigenvalue weighted by molar-refractivity contribution is 0.437. The number of ether oxygens (including phenoxy) is 2. The molecule has 9 heteroatoms. The van der Waals surface area contributed by atoms with E-state index in [0.717, 1.165) is 167 Å². The molecular weight excluding hydrogens is 1490 g/mol. The molecule has 2 aliphatic heterocycles. The molecule has 0 N–H and O–H groups in total. The van der Waals surface area contributed by atoms with Gasteiger partial charge in [-0.05, 0) is 145 Å². The normalized spacial score (nSPS) is 13.0. The van der Waals surface area contributed by atoms with E-state index in [1.807, 2.05) is 103 Å². The van der Waals surface area contributed by atoms with E-state index in [2.05, 4.69) is 315 Å². The Balaban J connectivity index is 0.000000139. The summed E-state index contributed by atoms with van der Waals surface area (Å²) in [5.41, 5.74) is 28.8. The number of para-hydroxylation sites is 2. The quantitative estimate of drug-likeness (QED) is 0.131. The topological polar surface area (TPSA) is 109 Å². The minimum absolute atomic E-state index is 0.589. The van der Waals surface area contributed by atoms with Crippen molar-refractivity contribution in [3.8, 4) is 147 Å². The maximum atomic E-state index is 6.99. The average molecular weight is 1560 g/mol. The Labute approximate surface area is 704 Å². The maximum absolute atomic E-state index is 6.99. The Kier molecular flexibility index (Phi) is 16.2. The minimum atomic E-state index is -0.602. The predicted molar refractivity (Wildman–Crippen MR) is 491 cm³/mol. The van der Waals surface area contributed by atoms with Gasteiger partial charge in [0.2, 0.25) is 0 Å². The number of benzene rings is 17. The first-order valence-corrected chi connectivity index (χ1v) is 41.3. The van der Waals surface area contributed by atoms with Crippen molar-refractivity contribution in [2.45, 2.75) is 10.8 Å². The highest BCUT2D eigenvalue weighted by Gasteiger charge is 2.53. The lowest BCUT2D eigenvalue weighted by Crippen LogP contribution is -2.32. The molecular formula is C113H69N7O2. The van der Waals surface area contributed by atoms with Gasteiger partial charge >= 0.3 is 0 Å². The third kappa shape index (κ3) is 11.1. The molecule has 0 radical (unpaired) electrons. The Morgan fingerprint density at radius 3 is 0.902 bits per heavy atom. The molecule has 0 saturated heterocycles. The van der Waals surface area contributed by atoms with Gasteiger partial charge in [0.15, 0.2) is 23.3 Å². The van der Waals surface area contributed by atoms with Crippen LogP contribution in [0.4, 0.5) is 0 Å². The van der Waals surface area contributed by atoms with E-state index in [-0.39, 0.29) is 0 Å². The van der Waals surface area contributed by atoms with Gasteiger partial charge in [-0.25, -0.2) is 34.9 Å². The van der Waals surface area contributed by atoms with Crippen LogP contribution in [0.3, 0.4) is 0 Å². The fourth-order valence-electron chi connectivity index (χ4n) is 19.5. The van der Waals surface area contributed by atoms with Gasteiger partial charge < -0.3 is 9.47 Å². The molecule has 0 atom stereocenters. The molecule has 0 saturated carbocycles. The van der Waals surface area contributed by atoms with Crippen LogP contribution in [0.25, 0.3) is 167 Å². The van der Waals surface area contributed by atoms with E-state index in [1.54, 1.807) is 0 Å². The first-order chi connectivity index (χ1) is 60.4. The minimum Gasteiger partial charge on any atom is -0.457 e. The van der Waals surface area contributed by atoms with Crippen molar-refractivity contribution in [3.63, 3.8) is 0 Å². The number of fused-ring (bicyclic) bond motifs is 24. The molecule has 4 aliphatic rings. The van der Waals surface area contributed by atoms with E-state index in [9.17, 15) is 0 Å². The van der Waals surface area contributed by atoms with Crippen LogP contribution in [-0.2, 0) is 10.8 Å². The molecule has 2 aliphatic carbocycles. The Hall–Kier alpha value is -16.2. The first-order valence-electron chi connectivity index (χ1n) is 41.3. The first kappa shape index (κ1) is 70.0. The summed E-state index contributed by atoms with van der Waals surface area (Å²) in [5, 5.41) is 6.34. The summed E-state index contributed by atoms with van der Waals surface area (Å²) in [6.45, 7) is 0. The van der Waals surface area contributed by atoms with E-state index >= 15 is 0 Å². The summed E-state index contributed by atoms with van der Waals surface area (Å²) in [6.07, 6.45) is 0. The third-order valence-electron chi connectivity index (χ3n) is 24.9. The van der Waals surface area contributed by atoms with Crippen LogP contribution in [0, 0.1) is 0 Å². The molecule has 122 heavy (non-hydrogen) atoms. The highest BCUT2D eigenvalue weighted by Crippen LogP contribution is 2.65. The predicted octanol–water partition coefficient (Wildman–Crippen LogP) is 27.7. The van der Waals surface area contributed by atoms with Crippen molar-refractivity contribution in [1.82, 2.24) is 34.9 Å². The average Bonchev–Trinajstić information content (AvgIpc) is 1.48. The highest BCUT2D eigenvalue weighted by atomic mass is 16.5. The number of aromatic nitrogens is 7. The molecule has 0 amide bonds. The molecule has 0 bridgehead atoms. The van der Waals surface area contributed by atoms with Crippen LogP contribution >= 0.6 is 0 Å². The Morgan fingerprint density at radius 2 is 0.475 bits per heavy atom. The molecule has 21 aromatic rings. The van der Waals surface area contributed by atoms with Crippen LogP contribution < -0.4 is 9.47 Å². The third-order valence-corrected chi connectivity index (χ3v) is 24.9. The summed E-state index contributed by atoms with van der Waals surface area (Å²) in [7, 11) is 0. The molecule has 25 rings (SSSR count). The smallest absolute Gasteiger partial charge is 0.164 e. The van der Waals surface area contributed by atoms with Gasteiger partial charge in [0, 0.05) is 88.3 Å². The van der Waals surface area contributed by atoms with Crippen molar-refractivity contribution in [2.24, 2.45) is 0 Å². The second-order valence-corrected chi connectivity index (χ2v) is 31.6. The molecule has 0 fully saturated rings. The Bertz CT molecular complexity index is 7610. The highest BCUT2D eigenvalue weighted by molar-refractivity contribution is 6.15. The number of hydrogen-bond acceptors (Lipinski definition) is 9. The zero-order chi connectivity index (χ0) is 80.4. The van der Waals surface area contributed by atoms with Gasteiger partial charge in [-0.3, -0.25) is 0 Å².